The molecule has 1 aliphatic rings. The lowest BCUT2D eigenvalue weighted by atomic mass is 10.1. The molecule has 1 amide bonds. The van der Waals surface area contributed by atoms with Crippen molar-refractivity contribution in [2.45, 2.75) is 32.7 Å². The van der Waals surface area contributed by atoms with Crippen molar-refractivity contribution < 1.29 is 4.79 Å². The zero-order valence-electron chi connectivity index (χ0n) is 13.8. The Bertz CT molecular complexity index is 899. The Morgan fingerprint density at radius 2 is 2.04 bits per heavy atom. The summed E-state index contributed by atoms with van der Waals surface area (Å²) in [6, 6.07) is 6.11. The predicted octanol–water partition coefficient (Wildman–Crippen LogP) is 2.72. The van der Waals surface area contributed by atoms with Crippen LogP contribution in [0.2, 0.25) is 0 Å². The van der Waals surface area contributed by atoms with Gasteiger partial charge in [-0.2, -0.15) is 0 Å². The van der Waals surface area contributed by atoms with Crippen LogP contribution in [0.1, 0.15) is 46.5 Å². The summed E-state index contributed by atoms with van der Waals surface area (Å²) in [4.78, 5) is 27.8. The molecule has 1 atom stereocenters. The maximum atomic E-state index is 12.9. The second-order valence-corrected chi connectivity index (χ2v) is 6.26. The SMILES string of the molecule is Cc1cnc(C(=O)N2CCCC2c2cccc3nc(C)cn23)cn1. The van der Waals surface area contributed by atoms with Gasteiger partial charge in [0.15, 0.2) is 0 Å². The van der Waals surface area contributed by atoms with E-state index in [2.05, 4.69) is 25.4 Å². The lowest BCUT2D eigenvalue weighted by molar-refractivity contribution is 0.0725. The van der Waals surface area contributed by atoms with Crippen LogP contribution in [0, 0.1) is 13.8 Å². The number of rotatable bonds is 2. The maximum absolute atomic E-state index is 12.9. The van der Waals surface area contributed by atoms with Gasteiger partial charge in [0.1, 0.15) is 11.3 Å². The van der Waals surface area contributed by atoms with Crippen molar-refractivity contribution >= 4 is 11.6 Å². The number of aromatic nitrogens is 4. The van der Waals surface area contributed by atoms with E-state index in [4.69, 9.17) is 0 Å². The molecule has 1 fully saturated rings. The number of likely N-dealkylation sites (tertiary alicyclic amines) is 1. The standard InChI is InChI=1S/C18H19N5O/c1-12-9-20-14(10-19-12)18(24)22-8-4-6-15(22)16-5-3-7-17-21-13(2)11-23(16)17/h3,5,7,9-11,15H,4,6,8H2,1-2H3. The summed E-state index contributed by atoms with van der Waals surface area (Å²) in [5.41, 5.74) is 4.20. The van der Waals surface area contributed by atoms with E-state index in [1.54, 1.807) is 12.4 Å². The van der Waals surface area contributed by atoms with Gasteiger partial charge in [-0.1, -0.05) is 6.07 Å². The third-order valence-corrected chi connectivity index (χ3v) is 4.50. The van der Waals surface area contributed by atoms with Gasteiger partial charge in [0.05, 0.1) is 23.6 Å². The number of carbonyl (C=O) groups is 1. The van der Waals surface area contributed by atoms with Gasteiger partial charge in [-0.25, -0.2) is 9.97 Å². The average Bonchev–Trinajstić information content (AvgIpc) is 3.19. The molecule has 4 heterocycles. The van der Waals surface area contributed by atoms with Gasteiger partial charge in [0.25, 0.3) is 5.91 Å². The van der Waals surface area contributed by atoms with E-state index in [0.29, 0.717) is 5.69 Å². The molecular weight excluding hydrogens is 302 g/mol. The number of pyridine rings is 1. The summed E-state index contributed by atoms with van der Waals surface area (Å²) in [5, 5.41) is 0. The number of carbonyl (C=O) groups excluding carboxylic acids is 1. The average molecular weight is 321 g/mol. The minimum atomic E-state index is -0.0566. The molecule has 1 saturated heterocycles. The fourth-order valence-corrected chi connectivity index (χ4v) is 3.39. The van der Waals surface area contributed by atoms with Gasteiger partial charge in [-0.3, -0.25) is 9.78 Å². The first-order valence-corrected chi connectivity index (χ1v) is 8.18. The topological polar surface area (TPSA) is 63.4 Å². The van der Waals surface area contributed by atoms with Crippen molar-refractivity contribution in [1.29, 1.82) is 0 Å². The van der Waals surface area contributed by atoms with Crippen molar-refractivity contribution in [3.63, 3.8) is 0 Å². The van der Waals surface area contributed by atoms with Gasteiger partial charge in [0.2, 0.25) is 0 Å². The molecule has 6 heteroatoms. The van der Waals surface area contributed by atoms with Crippen molar-refractivity contribution in [3.8, 4) is 0 Å². The zero-order valence-corrected chi connectivity index (χ0v) is 13.8. The number of amides is 1. The van der Waals surface area contributed by atoms with Gasteiger partial charge < -0.3 is 9.30 Å². The number of imidazole rings is 1. The van der Waals surface area contributed by atoms with Gasteiger partial charge in [-0.05, 0) is 38.8 Å². The van der Waals surface area contributed by atoms with Gasteiger partial charge >= 0.3 is 0 Å². The van der Waals surface area contributed by atoms with Crippen molar-refractivity contribution in [2.24, 2.45) is 0 Å². The molecule has 6 nitrogen and oxygen atoms in total. The Balaban J connectivity index is 1.71. The number of nitrogens with zero attached hydrogens (tertiary/aromatic N) is 5. The van der Waals surface area contributed by atoms with E-state index < -0.39 is 0 Å². The largest absolute Gasteiger partial charge is 0.329 e. The minimum Gasteiger partial charge on any atom is -0.329 e. The summed E-state index contributed by atoms with van der Waals surface area (Å²) in [6.45, 7) is 4.58. The van der Waals surface area contributed by atoms with Crippen LogP contribution >= 0.6 is 0 Å². The van der Waals surface area contributed by atoms with Crippen molar-refractivity contribution in [1.82, 2.24) is 24.3 Å². The summed E-state index contributed by atoms with van der Waals surface area (Å²) < 4.78 is 2.09. The zero-order chi connectivity index (χ0) is 16.7. The molecule has 0 aliphatic carbocycles. The first-order valence-electron chi connectivity index (χ1n) is 8.18. The molecule has 3 aromatic rings. The second-order valence-electron chi connectivity index (χ2n) is 6.26. The van der Waals surface area contributed by atoms with E-state index in [9.17, 15) is 4.79 Å². The molecule has 0 aromatic carbocycles. The van der Waals surface area contributed by atoms with Crippen LogP contribution in [0.4, 0.5) is 0 Å². The highest BCUT2D eigenvalue weighted by Gasteiger charge is 2.32. The molecule has 1 aliphatic heterocycles. The van der Waals surface area contributed by atoms with E-state index in [0.717, 1.165) is 42.1 Å². The number of hydrogen-bond donors (Lipinski definition) is 0. The van der Waals surface area contributed by atoms with Crippen LogP contribution in [-0.4, -0.2) is 36.7 Å². The summed E-state index contributed by atoms with van der Waals surface area (Å²) in [6.07, 6.45) is 7.16. The smallest absolute Gasteiger partial charge is 0.274 e. The molecular formula is C18H19N5O. The molecule has 4 rings (SSSR count). The molecule has 3 aromatic heterocycles. The summed E-state index contributed by atoms with van der Waals surface area (Å²) >= 11 is 0. The number of fused-ring (bicyclic) bond motifs is 1. The first kappa shape index (κ1) is 14.8. The highest BCUT2D eigenvalue weighted by atomic mass is 16.2. The van der Waals surface area contributed by atoms with E-state index >= 15 is 0 Å². The summed E-state index contributed by atoms with van der Waals surface area (Å²) in [5.74, 6) is -0.0566. The fourth-order valence-electron chi connectivity index (χ4n) is 3.39. The Morgan fingerprint density at radius 1 is 1.17 bits per heavy atom. The van der Waals surface area contributed by atoms with Crippen molar-refractivity contribution in [2.75, 3.05) is 6.54 Å². The Labute approximate surface area is 140 Å². The summed E-state index contributed by atoms with van der Waals surface area (Å²) in [7, 11) is 0. The second kappa shape index (κ2) is 5.70. The highest BCUT2D eigenvalue weighted by molar-refractivity contribution is 5.92. The minimum absolute atomic E-state index is 0.0397. The van der Waals surface area contributed by atoms with Gasteiger partial charge in [0, 0.05) is 24.6 Å². The van der Waals surface area contributed by atoms with Crippen LogP contribution in [0.3, 0.4) is 0 Å². The molecule has 0 radical (unpaired) electrons. The Morgan fingerprint density at radius 3 is 2.83 bits per heavy atom. The van der Waals surface area contributed by atoms with Crippen LogP contribution in [0.5, 0.6) is 0 Å². The monoisotopic (exact) mass is 321 g/mol. The third kappa shape index (κ3) is 2.44. The molecule has 122 valence electrons. The molecule has 24 heavy (non-hydrogen) atoms. The third-order valence-electron chi connectivity index (χ3n) is 4.50. The number of aryl methyl sites for hydroxylation is 2. The quantitative estimate of drug-likeness (QED) is 0.728. The normalized spacial score (nSPS) is 17.6. The molecule has 1 unspecified atom stereocenters. The van der Waals surface area contributed by atoms with E-state index in [1.807, 2.05) is 37.1 Å². The lowest BCUT2D eigenvalue weighted by Crippen LogP contribution is -2.32. The Hall–Kier alpha value is -2.76. The highest BCUT2D eigenvalue weighted by Crippen LogP contribution is 2.33. The predicted molar refractivity (Wildman–Crippen MR) is 89.7 cm³/mol. The van der Waals surface area contributed by atoms with Crippen LogP contribution in [-0.2, 0) is 0 Å². The van der Waals surface area contributed by atoms with E-state index in [1.165, 1.54) is 0 Å². The molecule has 0 saturated carbocycles. The number of hydrogen-bond acceptors (Lipinski definition) is 4. The maximum Gasteiger partial charge on any atom is 0.274 e. The molecule has 0 bridgehead atoms. The fraction of sp³-hybridized carbons (Fsp3) is 0.333. The lowest BCUT2D eigenvalue weighted by Gasteiger charge is -2.25. The van der Waals surface area contributed by atoms with Crippen LogP contribution in [0.15, 0.2) is 36.8 Å². The van der Waals surface area contributed by atoms with Crippen LogP contribution in [0.25, 0.3) is 5.65 Å². The first-order chi connectivity index (χ1) is 11.6. The Kier molecular flexibility index (Phi) is 3.52. The van der Waals surface area contributed by atoms with Crippen LogP contribution < -0.4 is 0 Å². The van der Waals surface area contributed by atoms with E-state index in [-0.39, 0.29) is 11.9 Å². The van der Waals surface area contributed by atoms with Crippen molar-refractivity contribution in [3.05, 3.63) is 59.6 Å². The molecule has 0 N–H and O–H groups in total. The molecule has 0 spiro atoms. The van der Waals surface area contributed by atoms with Gasteiger partial charge in [-0.15, -0.1) is 0 Å².